The number of carbonyl (C=O) groups excluding carboxylic acids is 2. The molecule has 1 N–H and O–H groups in total. The predicted molar refractivity (Wildman–Crippen MR) is 151 cm³/mol. The summed E-state index contributed by atoms with van der Waals surface area (Å²) in [6, 6.07) is 17.8. The number of hydrogen-bond donors (Lipinski definition) is 1. The van der Waals surface area contributed by atoms with Gasteiger partial charge in [0.2, 0.25) is 11.8 Å². The summed E-state index contributed by atoms with van der Waals surface area (Å²) in [6.07, 6.45) is 0. The minimum Gasteiger partial charge on any atom is -0.497 e. The van der Waals surface area contributed by atoms with Crippen LogP contribution >= 0.6 is 0 Å². The van der Waals surface area contributed by atoms with E-state index in [9.17, 15) is 18.0 Å². The van der Waals surface area contributed by atoms with Crippen LogP contribution in [0.2, 0.25) is 0 Å². The van der Waals surface area contributed by atoms with Crippen molar-refractivity contribution in [1.29, 1.82) is 0 Å². The minimum atomic E-state index is -4.24. The molecule has 3 rings (SSSR count). The van der Waals surface area contributed by atoms with Gasteiger partial charge >= 0.3 is 0 Å². The number of likely N-dealkylation sites (N-methyl/N-ethyl adjacent to an activating group) is 1. The minimum absolute atomic E-state index is 0.00959. The van der Waals surface area contributed by atoms with Crippen molar-refractivity contribution < 1.29 is 27.5 Å². The van der Waals surface area contributed by atoms with Crippen LogP contribution in [0.15, 0.2) is 71.6 Å². The number of sulfonamides is 1. The molecule has 39 heavy (non-hydrogen) atoms. The van der Waals surface area contributed by atoms with Crippen molar-refractivity contribution in [2.24, 2.45) is 0 Å². The molecular weight excluding hydrogens is 518 g/mol. The number of nitrogens with one attached hydrogen (secondary N) is 1. The Morgan fingerprint density at radius 3 is 2.21 bits per heavy atom. The predicted octanol–water partition coefficient (Wildman–Crippen LogP) is 3.68. The maximum Gasteiger partial charge on any atom is 0.264 e. The first-order valence-electron chi connectivity index (χ1n) is 12.4. The Hall–Kier alpha value is -4.05. The smallest absolute Gasteiger partial charge is 0.264 e. The highest BCUT2D eigenvalue weighted by atomic mass is 32.2. The topological polar surface area (TPSA) is 105 Å². The van der Waals surface area contributed by atoms with E-state index in [4.69, 9.17) is 9.47 Å². The van der Waals surface area contributed by atoms with Crippen LogP contribution in [-0.4, -0.2) is 59.0 Å². The third-order valence-electron chi connectivity index (χ3n) is 6.39. The molecule has 0 aliphatic rings. The highest BCUT2D eigenvalue weighted by Gasteiger charge is 2.34. The lowest BCUT2D eigenvalue weighted by Crippen LogP contribution is -2.50. The van der Waals surface area contributed by atoms with Crippen LogP contribution in [0.4, 0.5) is 5.69 Å². The average Bonchev–Trinajstić information content (AvgIpc) is 2.93. The molecule has 0 aliphatic carbocycles. The zero-order chi connectivity index (χ0) is 28.7. The second-order valence-electron chi connectivity index (χ2n) is 9.16. The van der Waals surface area contributed by atoms with Gasteiger partial charge in [-0.25, -0.2) is 8.42 Å². The Bertz CT molecular complexity index is 1420. The van der Waals surface area contributed by atoms with Crippen LogP contribution in [0.25, 0.3) is 0 Å². The van der Waals surface area contributed by atoms with Gasteiger partial charge in [0.25, 0.3) is 10.0 Å². The summed E-state index contributed by atoms with van der Waals surface area (Å²) >= 11 is 0. The summed E-state index contributed by atoms with van der Waals surface area (Å²) in [5.41, 5.74) is 2.83. The molecule has 0 saturated heterocycles. The largest absolute Gasteiger partial charge is 0.497 e. The lowest BCUT2D eigenvalue weighted by atomic mass is 10.1. The van der Waals surface area contributed by atoms with Crippen LogP contribution < -0.4 is 19.1 Å². The van der Waals surface area contributed by atoms with Gasteiger partial charge in [-0.1, -0.05) is 47.5 Å². The normalized spacial score (nSPS) is 11.8. The Labute approximate surface area is 230 Å². The van der Waals surface area contributed by atoms with E-state index in [1.165, 1.54) is 44.4 Å². The molecule has 0 heterocycles. The van der Waals surface area contributed by atoms with Gasteiger partial charge in [-0.2, -0.15) is 0 Å². The summed E-state index contributed by atoms with van der Waals surface area (Å²) in [4.78, 5) is 27.9. The van der Waals surface area contributed by atoms with Gasteiger partial charge < -0.3 is 19.7 Å². The quantitative estimate of drug-likeness (QED) is 0.389. The number of benzene rings is 3. The first-order chi connectivity index (χ1) is 18.5. The van der Waals surface area contributed by atoms with Crippen molar-refractivity contribution in [3.63, 3.8) is 0 Å². The fourth-order valence-electron chi connectivity index (χ4n) is 4.14. The molecule has 0 aliphatic heterocycles. The summed E-state index contributed by atoms with van der Waals surface area (Å²) in [5.74, 6) is -0.308. The molecule has 0 saturated carbocycles. The molecule has 0 radical (unpaired) electrons. The number of rotatable bonds is 11. The van der Waals surface area contributed by atoms with Gasteiger partial charge in [0.1, 0.15) is 24.1 Å². The summed E-state index contributed by atoms with van der Waals surface area (Å²) in [7, 11) is 0.132. The molecule has 3 aromatic rings. The Balaban J connectivity index is 2.13. The van der Waals surface area contributed by atoms with Crippen molar-refractivity contribution in [2.45, 2.75) is 38.3 Å². The Kier molecular flexibility index (Phi) is 9.58. The third kappa shape index (κ3) is 6.88. The van der Waals surface area contributed by atoms with Crippen molar-refractivity contribution in [1.82, 2.24) is 10.2 Å². The van der Waals surface area contributed by atoms with Crippen LogP contribution in [0, 0.1) is 13.8 Å². The van der Waals surface area contributed by atoms with E-state index in [0.717, 1.165) is 21.0 Å². The molecule has 9 nitrogen and oxygen atoms in total. The molecule has 1 unspecified atom stereocenters. The number of hydrogen-bond acceptors (Lipinski definition) is 6. The second-order valence-corrected chi connectivity index (χ2v) is 11.0. The van der Waals surface area contributed by atoms with E-state index in [0.29, 0.717) is 5.75 Å². The monoisotopic (exact) mass is 553 g/mol. The number of anilines is 1. The van der Waals surface area contributed by atoms with Gasteiger partial charge in [-0.05, 0) is 50.6 Å². The third-order valence-corrected chi connectivity index (χ3v) is 8.17. The van der Waals surface area contributed by atoms with Crippen LogP contribution in [-0.2, 0) is 26.2 Å². The lowest BCUT2D eigenvalue weighted by molar-refractivity contribution is -0.139. The van der Waals surface area contributed by atoms with E-state index in [2.05, 4.69) is 5.32 Å². The average molecular weight is 554 g/mol. The molecule has 2 amide bonds. The molecule has 208 valence electrons. The first kappa shape index (κ1) is 29.5. The Morgan fingerprint density at radius 1 is 0.923 bits per heavy atom. The number of aryl methyl sites for hydroxylation is 2. The molecular formula is C29H35N3O6S. The first-order valence-corrected chi connectivity index (χ1v) is 13.8. The van der Waals surface area contributed by atoms with Crippen molar-refractivity contribution in [3.05, 3.63) is 83.4 Å². The SMILES string of the molecule is CNC(=O)C(C)N(Cc1cccc(C)c1)C(=O)CN(c1cc(OC)ccc1OC)S(=O)(=O)c1ccc(C)cc1. The maximum atomic E-state index is 14.0. The van der Waals surface area contributed by atoms with E-state index < -0.39 is 28.5 Å². The van der Waals surface area contributed by atoms with Gasteiger partial charge in [0.05, 0.1) is 24.8 Å². The number of methoxy groups -OCH3 is 2. The zero-order valence-electron chi connectivity index (χ0n) is 23.1. The van der Waals surface area contributed by atoms with Crippen LogP contribution in [0.5, 0.6) is 11.5 Å². The molecule has 0 spiro atoms. The maximum absolute atomic E-state index is 14.0. The molecule has 3 aromatic carbocycles. The van der Waals surface area contributed by atoms with Crippen LogP contribution in [0.3, 0.4) is 0 Å². The van der Waals surface area contributed by atoms with Gasteiger partial charge in [0, 0.05) is 19.7 Å². The summed E-state index contributed by atoms with van der Waals surface area (Å²) in [6.45, 7) is 4.93. The zero-order valence-corrected chi connectivity index (χ0v) is 23.9. The van der Waals surface area contributed by atoms with Crippen molar-refractivity contribution >= 4 is 27.5 Å². The van der Waals surface area contributed by atoms with Gasteiger partial charge in [-0.3, -0.25) is 13.9 Å². The highest BCUT2D eigenvalue weighted by molar-refractivity contribution is 7.92. The fourth-order valence-corrected chi connectivity index (χ4v) is 5.56. The van der Waals surface area contributed by atoms with E-state index in [1.807, 2.05) is 38.1 Å². The summed E-state index contributed by atoms with van der Waals surface area (Å²) in [5, 5.41) is 2.58. The van der Waals surface area contributed by atoms with Crippen molar-refractivity contribution in [2.75, 3.05) is 32.1 Å². The van der Waals surface area contributed by atoms with E-state index >= 15 is 0 Å². The molecule has 0 bridgehead atoms. The van der Waals surface area contributed by atoms with Crippen LogP contribution in [0.1, 0.15) is 23.6 Å². The van der Waals surface area contributed by atoms with Crippen molar-refractivity contribution in [3.8, 4) is 11.5 Å². The molecule has 0 aromatic heterocycles. The highest BCUT2D eigenvalue weighted by Crippen LogP contribution is 2.36. The molecule has 1 atom stereocenters. The molecule has 0 fully saturated rings. The van der Waals surface area contributed by atoms with Gasteiger partial charge in [0.15, 0.2) is 0 Å². The van der Waals surface area contributed by atoms with E-state index in [1.54, 1.807) is 31.2 Å². The fraction of sp³-hybridized carbons (Fsp3) is 0.310. The summed E-state index contributed by atoms with van der Waals surface area (Å²) < 4.78 is 39.8. The lowest BCUT2D eigenvalue weighted by Gasteiger charge is -2.32. The number of ether oxygens (including phenoxy) is 2. The second kappa shape index (κ2) is 12.7. The number of nitrogens with zero attached hydrogens (tertiary/aromatic N) is 2. The Morgan fingerprint density at radius 2 is 1.62 bits per heavy atom. The molecule has 10 heteroatoms. The van der Waals surface area contributed by atoms with Gasteiger partial charge in [-0.15, -0.1) is 0 Å². The number of amides is 2. The standard InChI is InChI=1S/C29H35N3O6S/c1-20-10-13-25(14-11-20)39(35,36)32(26-17-24(37-5)12-15-27(26)38-6)19-28(33)31(22(3)29(34)30-4)18-23-9-7-8-21(2)16-23/h7-17,22H,18-19H2,1-6H3,(H,30,34). The van der Waals surface area contributed by atoms with E-state index in [-0.39, 0.29) is 28.8 Å². The number of carbonyl (C=O) groups is 2.